The smallest absolute Gasteiger partial charge is 0.288 e. The Hall–Kier alpha value is -3.63. The van der Waals surface area contributed by atoms with E-state index in [-0.39, 0.29) is 62.9 Å². The first-order valence-electron chi connectivity index (χ1n) is 11.2. The number of hydrogen-bond donors (Lipinski definition) is 1. The van der Waals surface area contributed by atoms with Crippen LogP contribution in [0.3, 0.4) is 0 Å². The van der Waals surface area contributed by atoms with Crippen molar-refractivity contribution in [2.45, 2.75) is 31.3 Å². The second kappa shape index (κ2) is 8.74. The van der Waals surface area contributed by atoms with Crippen molar-refractivity contribution in [2.75, 3.05) is 14.2 Å². The summed E-state index contributed by atoms with van der Waals surface area (Å²) in [7, 11) is 2.76. The fourth-order valence-electron chi connectivity index (χ4n) is 5.36. The van der Waals surface area contributed by atoms with Gasteiger partial charge in [-0.25, -0.2) is 0 Å². The minimum atomic E-state index is -1.97. The first-order chi connectivity index (χ1) is 17.5. The van der Waals surface area contributed by atoms with Gasteiger partial charge in [0.25, 0.3) is 5.69 Å². The summed E-state index contributed by atoms with van der Waals surface area (Å²) in [4.78, 5) is 51.7. The Labute approximate surface area is 220 Å². The number of carbonyl (C=O) groups excluding carboxylic acids is 3. The predicted octanol–water partition coefficient (Wildman–Crippen LogP) is 4.40. The van der Waals surface area contributed by atoms with Crippen LogP contribution in [-0.4, -0.2) is 42.2 Å². The Morgan fingerprint density at radius 1 is 1.08 bits per heavy atom. The molecule has 1 spiro atoms. The lowest BCUT2D eigenvalue weighted by atomic mass is 9.66. The van der Waals surface area contributed by atoms with Gasteiger partial charge in [0.15, 0.2) is 5.75 Å². The molecule has 5 rings (SSSR count). The average molecular weight is 547 g/mol. The van der Waals surface area contributed by atoms with E-state index < -0.39 is 33.9 Å². The van der Waals surface area contributed by atoms with Gasteiger partial charge in [-0.1, -0.05) is 36.2 Å². The van der Waals surface area contributed by atoms with Crippen LogP contribution >= 0.6 is 23.2 Å². The third-order valence-corrected chi connectivity index (χ3v) is 7.81. The van der Waals surface area contributed by atoms with Crippen LogP contribution in [0.25, 0.3) is 0 Å². The number of halogens is 2. The standard InChI is InChI=1S/C25H20Cl2N2O8/c1-10-6-14-19(12(8-18(30)28-14)11-4-5-13(26)15(7-11)29(33)34)23(31)25(10)24(32)20-16(35-2)9-17(36-3)21(27)22(20)37-25/h4-5,7,9-10,12H,6,8H2,1-3H3,(H,28,30). The third kappa shape index (κ3) is 3.50. The summed E-state index contributed by atoms with van der Waals surface area (Å²) in [6.45, 7) is 1.67. The number of hydrogen-bond acceptors (Lipinski definition) is 8. The zero-order valence-corrected chi connectivity index (χ0v) is 21.4. The highest BCUT2D eigenvalue weighted by atomic mass is 35.5. The zero-order chi connectivity index (χ0) is 26.8. The van der Waals surface area contributed by atoms with Gasteiger partial charge in [-0.05, 0) is 18.1 Å². The number of nitrogens with zero attached hydrogens (tertiary/aromatic N) is 1. The maximum atomic E-state index is 14.3. The number of rotatable bonds is 4. The van der Waals surface area contributed by atoms with Gasteiger partial charge in [0.1, 0.15) is 27.1 Å². The lowest BCUT2D eigenvalue weighted by Gasteiger charge is -2.41. The maximum Gasteiger partial charge on any atom is 0.288 e. The highest BCUT2D eigenvalue weighted by Crippen LogP contribution is 2.55. The number of ether oxygens (including phenoxy) is 3. The van der Waals surface area contributed by atoms with Crippen LogP contribution in [-0.2, 0) is 9.59 Å². The number of carbonyl (C=O) groups is 3. The summed E-state index contributed by atoms with van der Waals surface area (Å²) >= 11 is 12.5. The monoisotopic (exact) mass is 546 g/mol. The number of amides is 1. The second-order valence-corrected chi connectivity index (χ2v) is 9.85. The molecule has 0 fully saturated rings. The van der Waals surface area contributed by atoms with Crippen LogP contribution in [0.2, 0.25) is 10.0 Å². The topological polar surface area (TPSA) is 134 Å². The molecule has 3 unspecified atom stereocenters. The van der Waals surface area contributed by atoms with Crippen LogP contribution in [0.5, 0.6) is 17.2 Å². The molecular formula is C25H20Cl2N2O8. The van der Waals surface area contributed by atoms with Gasteiger partial charge in [-0.3, -0.25) is 24.5 Å². The van der Waals surface area contributed by atoms with Gasteiger partial charge in [-0.15, -0.1) is 0 Å². The Morgan fingerprint density at radius 3 is 2.43 bits per heavy atom. The number of nitro groups is 1. The molecule has 3 atom stereocenters. The largest absolute Gasteiger partial charge is 0.496 e. The predicted molar refractivity (Wildman–Crippen MR) is 132 cm³/mol. The van der Waals surface area contributed by atoms with Gasteiger partial charge in [0.2, 0.25) is 23.1 Å². The summed E-state index contributed by atoms with van der Waals surface area (Å²) in [6.07, 6.45) is -0.0251. The van der Waals surface area contributed by atoms with E-state index in [0.29, 0.717) is 11.3 Å². The Kier molecular flexibility index (Phi) is 5.91. The van der Waals surface area contributed by atoms with E-state index in [4.69, 9.17) is 37.4 Å². The van der Waals surface area contributed by atoms with E-state index in [9.17, 15) is 24.5 Å². The molecule has 0 radical (unpaired) electrons. The highest BCUT2D eigenvalue weighted by Gasteiger charge is 2.63. The van der Waals surface area contributed by atoms with E-state index in [2.05, 4.69) is 5.32 Å². The van der Waals surface area contributed by atoms with E-state index in [1.807, 2.05) is 0 Å². The molecule has 37 heavy (non-hydrogen) atoms. The molecule has 2 heterocycles. The quantitative estimate of drug-likeness (QED) is 0.338. The first-order valence-corrected chi connectivity index (χ1v) is 12.0. The number of nitrogens with one attached hydrogen (secondary N) is 1. The van der Waals surface area contributed by atoms with Crippen molar-refractivity contribution in [3.8, 4) is 17.2 Å². The molecule has 0 bridgehead atoms. The highest BCUT2D eigenvalue weighted by molar-refractivity contribution is 6.36. The number of nitro benzene ring substituents is 1. The van der Waals surface area contributed by atoms with Crippen molar-refractivity contribution in [2.24, 2.45) is 5.92 Å². The van der Waals surface area contributed by atoms with E-state index in [1.165, 1.54) is 38.5 Å². The SMILES string of the molecule is COc1cc(OC)c2c(c1Cl)OC1(C(=O)C3=C(CC1C)NC(=O)CC3c1ccc(Cl)c([N+](=O)[O-])c1)C2=O. The summed E-state index contributed by atoms with van der Waals surface area (Å²) in [5.41, 5.74) is -1.46. The molecule has 1 amide bonds. The fraction of sp³-hybridized carbons (Fsp3) is 0.320. The Balaban J connectivity index is 1.67. The normalized spacial score (nSPS) is 24.4. The van der Waals surface area contributed by atoms with Gasteiger partial charge in [-0.2, -0.15) is 0 Å². The Bertz CT molecular complexity index is 1450. The van der Waals surface area contributed by atoms with Gasteiger partial charge in [0.05, 0.1) is 19.1 Å². The number of fused-ring (bicyclic) bond motifs is 1. The number of Topliss-reactive ketones (excluding diaryl/α,β-unsaturated/α-hetero) is 2. The summed E-state index contributed by atoms with van der Waals surface area (Å²) in [6, 6.07) is 5.56. The van der Waals surface area contributed by atoms with Crippen molar-refractivity contribution in [3.63, 3.8) is 0 Å². The van der Waals surface area contributed by atoms with Crippen molar-refractivity contribution in [3.05, 3.63) is 66.8 Å². The van der Waals surface area contributed by atoms with Crippen LogP contribution in [0.15, 0.2) is 35.5 Å². The summed E-state index contributed by atoms with van der Waals surface area (Å²) < 4.78 is 16.8. The average Bonchev–Trinajstić information content (AvgIpc) is 3.17. The summed E-state index contributed by atoms with van der Waals surface area (Å²) in [5.74, 6) is -2.85. The second-order valence-electron chi connectivity index (χ2n) is 9.07. The molecule has 2 aromatic carbocycles. The number of ketones is 2. The minimum Gasteiger partial charge on any atom is -0.496 e. The lowest BCUT2D eigenvalue weighted by Crippen LogP contribution is -2.59. The van der Waals surface area contributed by atoms with E-state index >= 15 is 0 Å². The molecule has 2 aromatic rings. The van der Waals surface area contributed by atoms with Crippen LogP contribution < -0.4 is 19.5 Å². The van der Waals surface area contributed by atoms with Crippen molar-refractivity contribution < 1.29 is 33.5 Å². The summed E-state index contributed by atoms with van der Waals surface area (Å²) in [5, 5.41) is 14.2. The molecule has 12 heteroatoms. The van der Waals surface area contributed by atoms with Gasteiger partial charge in [0, 0.05) is 41.7 Å². The molecule has 1 aliphatic carbocycles. The zero-order valence-electron chi connectivity index (χ0n) is 19.8. The molecule has 0 saturated heterocycles. The molecular weight excluding hydrogens is 527 g/mol. The lowest BCUT2D eigenvalue weighted by molar-refractivity contribution is -0.384. The van der Waals surface area contributed by atoms with Crippen molar-refractivity contribution in [1.29, 1.82) is 0 Å². The molecule has 10 nitrogen and oxygen atoms in total. The number of allylic oxidation sites excluding steroid dienone is 1. The molecule has 0 saturated carbocycles. The Morgan fingerprint density at radius 2 is 1.78 bits per heavy atom. The van der Waals surface area contributed by atoms with E-state index in [1.54, 1.807) is 6.92 Å². The molecule has 3 aliphatic rings. The maximum absolute atomic E-state index is 14.3. The molecule has 0 aromatic heterocycles. The number of methoxy groups -OCH3 is 2. The van der Waals surface area contributed by atoms with Crippen molar-refractivity contribution in [1.82, 2.24) is 5.32 Å². The van der Waals surface area contributed by atoms with Gasteiger partial charge >= 0.3 is 0 Å². The van der Waals surface area contributed by atoms with Crippen molar-refractivity contribution >= 4 is 46.4 Å². The third-order valence-electron chi connectivity index (χ3n) is 7.13. The van der Waals surface area contributed by atoms with Crippen LogP contribution in [0.4, 0.5) is 5.69 Å². The van der Waals surface area contributed by atoms with E-state index in [0.717, 1.165) is 0 Å². The van der Waals surface area contributed by atoms with Gasteiger partial charge < -0.3 is 19.5 Å². The fourth-order valence-corrected chi connectivity index (χ4v) is 5.81. The molecule has 2 aliphatic heterocycles. The van der Waals surface area contributed by atoms with Crippen LogP contribution in [0, 0.1) is 16.0 Å². The molecule has 1 N–H and O–H groups in total. The van der Waals surface area contributed by atoms with Crippen LogP contribution in [0.1, 0.15) is 41.6 Å². The molecule has 192 valence electrons. The number of benzene rings is 2. The minimum absolute atomic E-state index is 0.0186. The first kappa shape index (κ1) is 25.0.